The predicted molar refractivity (Wildman–Crippen MR) is 87.9 cm³/mol. The van der Waals surface area contributed by atoms with Crippen LogP contribution in [0.25, 0.3) is 17.1 Å². The topological polar surface area (TPSA) is 83.0 Å². The number of halogens is 3. The first-order chi connectivity index (χ1) is 12.2. The van der Waals surface area contributed by atoms with E-state index in [1.54, 1.807) is 18.2 Å². The summed E-state index contributed by atoms with van der Waals surface area (Å²) in [5.74, 6) is -0.154. The Hall–Kier alpha value is -3.36. The molecular weight excluding hydrogens is 349 g/mol. The van der Waals surface area contributed by atoms with Gasteiger partial charge in [-0.05, 0) is 49.4 Å². The molecule has 0 saturated carbocycles. The van der Waals surface area contributed by atoms with Crippen molar-refractivity contribution in [3.8, 4) is 22.8 Å². The van der Waals surface area contributed by atoms with E-state index < -0.39 is 6.36 Å². The van der Waals surface area contributed by atoms with Crippen molar-refractivity contribution in [2.24, 2.45) is 0 Å². The fourth-order valence-corrected chi connectivity index (χ4v) is 2.32. The molecular formula is C17H13F3N4O2. The van der Waals surface area contributed by atoms with Crippen LogP contribution in [0, 0.1) is 0 Å². The fourth-order valence-electron chi connectivity index (χ4n) is 2.32. The van der Waals surface area contributed by atoms with Gasteiger partial charge in [0.25, 0.3) is 0 Å². The van der Waals surface area contributed by atoms with Crippen molar-refractivity contribution in [1.82, 2.24) is 14.8 Å². The standard InChI is InChI=1S/C17H13F3N4O2/c1-10(25)14-8-11(2-7-15(14)21)16-22-9-24(23-16)12-3-5-13(6-4-12)26-17(18,19)20/h2-9H,21H2,1H3. The highest BCUT2D eigenvalue weighted by Gasteiger charge is 2.31. The number of alkyl halides is 3. The van der Waals surface area contributed by atoms with Crippen molar-refractivity contribution < 1.29 is 22.7 Å². The number of rotatable bonds is 4. The summed E-state index contributed by atoms with van der Waals surface area (Å²) in [6, 6.07) is 10.1. The van der Waals surface area contributed by atoms with Crippen LogP contribution in [0.3, 0.4) is 0 Å². The van der Waals surface area contributed by atoms with Gasteiger partial charge in [-0.3, -0.25) is 4.79 Å². The number of benzene rings is 2. The first-order valence-electron chi connectivity index (χ1n) is 7.41. The zero-order chi connectivity index (χ0) is 18.9. The van der Waals surface area contributed by atoms with Gasteiger partial charge < -0.3 is 10.5 Å². The number of nitrogens with two attached hydrogens (primary N) is 1. The Morgan fingerprint density at radius 2 is 1.85 bits per heavy atom. The molecule has 0 aliphatic rings. The van der Waals surface area contributed by atoms with Gasteiger partial charge in [0.1, 0.15) is 12.1 Å². The molecule has 0 saturated heterocycles. The average molecular weight is 362 g/mol. The Morgan fingerprint density at radius 1 is 1.15 bits per heavy atom. The van der Waals surface area contributed by atoms with Gasteiger partial charge in [0.05, 0.1) is 5.69 Å². The first kappa shape index (κ1) is 17.5. The second-order valence-electron chi connectivity index (χ2n) is 5.41. The monoisotopic (exact) mass is 362 g/mol. The van der Waals surface area contributed by atoms with Crippen molar-refractivity contribution in [1.29, 1.82) is 0 Å². The molecule has 0 aliphatic heterocycles. The van der Waals surface area contributed by atoms with E-state index in [4.69, 9.17) is 5.73 Å². The van der Waals surface area contributed by atoms with Crippen molar-refractivity contribution in [3.05, 3.63) is 54.4 Å². The lowest BCUT2D eigenvalue weighted by atomic mass is 10.1. The number of nitrogen functional groups attached to an aromatic ring is 1. The van der Waals surface area contributed by atoms with Gasteiger partial charge in [-0.25, -0.2) is 9.67 Å². The number of ketones is 1. The minimum Gasteiger partial charge on any atom is -0.406 e. The lowest BCUT2D eigenvalue weighted by Gasteiger charge is -2.09. The smallest absolute Gasteiger partial charge is 0.406 e. The van der Waals surface area contributed by atoms with E-state index in [2.05, 4.69) is 14.8 Å². The van der Waals surface area contributed by atoms with Crippen LogP contribution in [0.1, 0.15) is 17.3 Å². The zero-order valence-electron chi connectivity index (χ0n) is 13.5. The molecule has 26 heavy (non-hydrogen) atoms. The molecule has 2 N–H and O–H groups in total. The summed E-state index contributed by atoms with van der Waals surface area (Å²) in [6.45, 7) is 1.41. The van der Waals surface area contributed by atoms with E-state index in [0.717, 1.165) is 0 Å². The minimum atomic E-state index is -4.74. The Bertz CT molecular complexity index is 949. The molecule has 0 bridgehead atoms. The molecule has 0 aliphatic carbocycles. The summed E-state index contributed by atoms with van der Waals surface area (Å²) < 4.78 is 41.8. The number of hydrogen-bond acceptors (Lipinski definition) is 5. The second kappa shape index (κ2) is 6.51. The van der Waals surface area contributed by atoms with Crippen LogP contribution in [0.2, 0.25) is 0 Å². The molecule has 6 nitrogen and oxygen atoms in total. The van der Waals surface area contributed by atoms with Crippen LogP contribution in [-0.2, 0) is 0 Å². The molecule has 0 spiro atoms. The van der Waals surface area contributed by atoms with Crippen LogP contribution >= 0.6 is 0 Å². The minimum absolute atomic E-state index is 0.177. The van der Waals surface area contributed by atoms with E-state index in [0.29, 0.717) is 28.3 Å². The number of nitrogens with zero attached hydrogens (tertiary/aromatic N) is 3. The van der Waals surface area contributed by atoms with Gasteiger partial charge in [-0.2, -0.15) is 0 Å². The summed E-state index contributed by atoms with van der Waals surface area (Å²) in [4.78, 5) is 15.8. The van der Waals surface area contributed by atoms with Gasteiger partial charge in [-0.15, -0.1) is 18.3 Å². The first-order valence-corrected chi connectivity index (χ1v) is 7.41. The lowest BCUT2D eigenvalue weighted by Crippen LogP contribution is -2.17. The lowest BCUT2D eigenvalue weighted by molar-refractivity contribution is -0.274. The number of anilines is 1. The summed E-state index contributed by atoms with van der Waals surface area (Å²) in [5.41, 5.74) is 7.59. The molecule has 0 unspecified atom stereocenters. The predicted octanol–water partition coefficient (Wildman–Crippen LogP) is 3.62. The highest BCUT2D eigenvalue weighted by Crippen LogP contribution is 2.25. The third kappa shape index (κ3) is 3.82. The molecule has 0 atom stereocenters. The summed E-state index contributed by atoms with van der Waals surface area (Å²) in [5, 5.41) is 4.28. The number of Topliss-reactive ketones (excluding diaryl/α,β-unsaturated/α-hetero) is 1. The Morgan fingerprint density at radius 3 is 2.46 bits per heavy atom. The molecule has 1 heterocycles. The fraction of sp³-hybridized carbons (Fsp3) is 0.118. The maximum Gasteiger partial charge on any atom is 0.573 e. The number of aromatic nitrogens is 3. The normalized spacial score (nSPS) is 11.4. The molecule has 134 valence electrons. The van der Waals surface area contributed by atoms with Gasteiger partial charge >= 0.3 is 6.36 Å². The van der Waals surface area contributed by atoms with Crippen molar-refractivity contribution in [2.75, 3.05) is 5.73 Å². The third-order valence-electron chi connectivity index (χ3n) is 3.52. The van der Waals surface area contributed by atoms with E-state index in [-0.39, 0.29) is 11.5 Å². The molecule has 0 fully saturated rings. The molecule has 2 aromatic carbocycles. The van der Waals surface area contributed by atoms with E-state index >= 15 is 0 Å². The molecule has 1 aromatic heterocycles. The summed E-state index contributed by atoms with van der Waals surface area (Å²) >= 11 is 0. The third-order valence-corrected chi connectivity index (χ3v) is 3.52. The van der Waals surface area contributed by atoms with Crippen LogP contribution in [-0.4, -0.2) is 26.9 Å². The van der Waals surface area contributed by atoms with E-state index in [9.17, 15) is 18.0 Å². The maximum atomic E-state index is 12.2. The van der Waals surface area contributed by atoms with Crippen LogP contribution < -0.4 is 10.5 Å². The Kier molecular flexibility index (Phi) is 4.37. The average Bonchev–Trinajstić information content (AvgIpc) is 3.04. The van der Waals surface area contributed by atoms with Crippen LogP contribution in [0.4, 0.5) is 18.9 Å². The molecule has 0 radical (unpaired) electrons. The Balaban J connectivity index is 1.86. The number of hydrogen-bond donors (Lipinski definition) is 1. The van der Waals surface area contributed by atoms with Crippen molar-refractivity contribution in [3.63, 3.8) is 0 Å². The van der Waals surface area contributed by atoms with Gasteiger partial charge in [0.15, 0.2) is 11.6 Å². The maximum absolute atomic E-state index is 12.2. The van der Waals surface area contributed by atoms with Crippen LogP contribution in [0.5, 0.6) is 5.75 Å². The SMILES string of the molecule is CC(=O)c1cc(-c2ncn(-c3ccc(OC(F)(F)F)cc3)n2)ccc1N. The summed E-state index contributed by atoms with van der Waals surface area (Å²) in [6.07, 6.45) is -3.33. The van der Waals surface area contributed by atoms with Gasteiger partial charge in [0, 0.05) is 16.8 Å². The van der Waals surface area contributed by atoms with E-state index in [1.165, 1.54) is 42.2 Å². The number of carbonyl (C=O) groups excluding carboxylic acids is 1. The zero-order valence-corrected chi connectivity index (χ0v) is 13.5. The highest BCUT2D eigenvalue weighted by atomic mass is 19.4. The molecule has 0 amide bonds. The summed E-state index contributed by atoms with van der Waals surface area (Å²) in [7, 11) is 0. The quantitative estimate of drug-likeness (QED) is 0.566. The molecule has 3 rings (SSSR count). The van der Waals surface area contributed by atoms with Crippen molar-refractivity contribution in [2.45, 2.75) is 13.3 Å². The Labute approximate surface area is 146 Å². The molecule has 9 heteroatoms. The highest BCUT2D eigenvalue weighted by molar-refractivity contribution is 6.00. The van der Waals surface area contributed by atoms with Crippen molar-refractivity contribution >= 4 is 11.5 Å². The largest absolute Gasteiger partial charge is 0.573 e. The number of ether oxygens (including phenoxy) is 1. The van der Waals surface area contributed by atoms with E-state index in [1.807, 2.05) is 0 Å². The molecule has 3 aromatic rings. The van der Waals surface area contributed by atoms with Gasteiger partial charge in [-0.1, -0.05) is 0 Å². The van der Waals surface area contributed by atoms with Crippen LogP contribution in [0.15, 0.2) is 48.8 Å². The number of carbonyl (C=O) groups is 1. The second-order valence-corrected chi connectivity index (χ2v) is 5.41. The van der Waals surface area contributed by atoms with Gasteiger partial charge in [0.2, 0.25) is 0 Å².